The van der Waals surface area contributed by atoms with Crippen molar-refractivity contribution >= 4 is 12.0 Å². The molecule has 2 aliphatic rings. The average Bonchev–Trinajstić information content (AvgIpc) is 2.86. The van der Waals surface area contributed by atoms with Gasteiger partial charge in [0.2, 0.25) is 5.91 Å². The van der Waals surface area contributed by atoms with Gasteiger partial charge in [0.15, 0.2) is 0 Å². The van der Waals surface area contributed by atoms with E-state index in [2.05, 4.69) is 10.6 Å². The van der Waals surface area contributed by atoms with Crippen LogP contribution in [-0.2, 0) is 22.6 Å². The van der Waals surface area contributed by atoms with Crippen molar-refractivity contribution < 1.29 is 23.8 Å². The van der Waals surface area contributed by atoms with E-state index in [4.69, 9.17) is 4.74 Å². The minimum atomic E-state index is -0.618. The van der Waals surface area contributed by atoms with Crippen LogP contribution in [0, 0.1) is 11.7 Å². The largest absolute Gasteiger partial charge is 0.445 e. The zero-order valence-corrected chi connectivity index (χ0v) is 19.9. The lowest BCUT2D eigenvalue weighted by Gasteiger charge is -2.42. The SMILES string of the molecule is O=C(N[C@@H]1CCCC[C@H]1CN1C[C@H](Cc2ccc(F)cc2)NC(=O)[C@@H]1CO)OCc1ccccc1. The maximum absolute atomic E-state index is 13.3. The van der Waals surface area contributed by atoms with Crippen molar-refractivity contribution in [1.82, 2.24) is 15.5 Å². The highest BCUT2D eigenvalue weighted by molar-refractivity contribution is 5.83. The molecule has 35 heavy (non-hydrogen) atoms. The second kappa shape index (κ2) is 12.1. The standard InChI is InChI=1S/C27H34FN3O4/c28-22-12-10-19(11-13-22)14-23-16-31(25(17-32)26(33)29-23)15-21-8-4-5-9-24(21)30-27(34)35-18-20-6-2-1-3-7-20/h1-3,6-7,10-13,21,23-25,32H,4-5,8-9,14-18H2,(H,29,33)(H,30,34)/t21-,23-,24+,25-/m0/s1. The van der Waals surface area contributed by atoms with Gasteiger partial charge in [-0.3, -0.25) is 9.69 Å². The van der Waals surface area contributed by atoms with Gasteiger partial charge in [-0.05, 0) is 48.4 Å². The molecule has 8 heteroatoms. The molecular formula is C27H34FN3O4. The van der Waals surface area contributed by atoms with E-state index in [1.165, 1.54) is 12.1 Å². The molecule has 2 fully saturated rings. The van der Waals surface area contributed by atoms with Gasteiger partial charge < -0.3 is 20.5 Å². The Morgan fingerprint density at radius 2 is 1.83 bits per heavy atom. The van der Waals surface area contributed by atoms with Crippen LogP contribution < -0.4 is 10.6 Å². The number of benzene rings is 2. The summed E-state index contributed by atoms with van der Waals surface area (Å²) < 4.78 is 18.7. The van der Waals surface area contributed by atoms with Crippen LogP contribution in [0.1, 0.15) is 36.8 Å². The monoisotopic (exact) mass is 483 g/mol. The number of nitrogens with zero attached hydrogens (tertiary/aromatic N) is 1. The zero-order chi connectivity index (χ0) is 24.6. The van der Waals surface area contributed by atoms with Gasteiger partial charge in [0.25, 0.3) is 0 Å². The van der Waals surface area contributed by atoms with E-state index in [0.717, 1.165) is 36.8 Å². The maximum Gasteiger partial charge on any atom is 0.407 e. The number of halogens is 1. The predicted molar refractivity (Wildman–Crippen MR) is 130 cm³/mol. The minimum absolute atomic E-state index is 0.0492. The second-order valence-electron chi connectivity index (χ2n) is 9.55. The van der Waals surface area contributed by atoms with Crippen LogP contribution in [0.2, 0.25) is 0 Å². The number of amides is 2. The first kappa shape index (κ1) is 25.1. The Bertz CT molecular complexity index is 972. The fourth-order valence-electron chi connectivity index (χ4n) is 5.17. The summed E-state index contributed by atoms with van der Waals surface area (Å²) in [4.78, 5) is 27.3. The number of nitrogens with one attached hydrogen (secondary N) is 2. The summed E-state index contributed by atoms with van der Waals surface area (Å²) in [5, 5.41) is 16.0. The third-order valence-electron chi connectivity index (χ3n) is 7.01. The third-order valence-corrected chi connectivity index (χ3v) is 7.01. The van der Waals surface area contributed by atoms with Crippen LogP contribution in [-0.4, -0.2) is 59.8 Å². The van der Waals surface area contributed by atoms with Crippen molar-refractivity contribution in [1.29, 1.82) is 0 Å². The Labute approximate surface area is 205 Å². The van der Waals surface area contributed by atoms with Crippen molar-refractivity contribution in [2.24, 2.45) is 5.92 Å². The number of alkyl carbamates (subject to hydrolysis) is 1. The van der Waals surface area contributed by atoms with Gasteiger partial charge in [0.05, 0.1) is 6.61 Å². The Balaban J connectivity index is 1.36. The highest BCUT2D eigenvalue weighted by Gasteiger charge is 2.37. The summed E-state index contributed by atoms with van der Waals surface area (Å²) in [6.45, 7) is 1.13. The van der Waals surface area contributed by atoms with E-state index >= 15 is 0 Å². The number of aliphatic hydroxyl groups is 1. The summed E-state index contributed by atoms with van der Waals surface area (Å²) in [5.74, 6) is -0.338. The number of piperazine rings is 1. The van der Waals surface area contributed by atoms with Gasteiger partial charge in [-0.2, -0.15) is 0 Å². The highest BCUT2D eigenvalue weighted by atomic mass is 19.1. The van der Waals surface area contributed by atoms with Gasteiger partial charge >= 0.3 is 6.09 Å². The molecule has 0 aromatic heterocycles. The molecule has 0 unspecified atom stereocenters. The number of rotatable bonds is 8. The quantitative estimate of drug-likeness (QED) is 0.537. The first-order chi connectivity index (χ1) is 17.0. The van der Waals surface area contributed by atoms with Crippen molar-refractivity contribution in [2.75, 3.05) is 19.7 Å². The van der Waals surface area contributed by atoms with E-state index in [0.29, 0.717) is 19.5 Å². The number of carbonyl (C=O) groups excluding carboxylic acids is 2. The smallest absolute Gasteiger partial charge is 0.407 e. The molecule has 1 aliphatic heterocycles. The van der Waals surface area contributed by atoms with Crippen LogP contribution in [0.3, 0.4) is 0 Å². The van der Waals surface area contributed by atoms with Crippen LogP contribution in [0.25, 0.3) is 0 Å². The molecule has 1 saturated carbocycles. The lowest BCUT2D eigenvalue weighted by atomic mass is 9.83. The van der Waals surface area contributed by atoms with Crippen molar-refractivity contribution in [3.8, 4) is 0 Å². The number of carbonyl (C=O) groups is 2. The van der Waals surface area contributed by atoms with Crippen LogP contribution in [0.15, 0.2) is 54.6 Å². The molecule has 1 aliphatic carbocycles. The molecule has 1 heterocycles. The molecule has 0 spiro atoms. The molecule has 4 atom stereocenters. The van der Waals surface area contributed by atoms with E-state index < -0.39 is 12.1 Å². The Kier molecular flexibility index (Phi) is 8.71. The summed E-state index contributed by atoms with van der Waals surface area (Å²) in [7, 11) is 0. The first-order valence-electron chi connectivity index (χ1n) is 12.4. The molecule has 3 N–H and O–H groups in total. The second-order valence-corrected chi connectivity index (χ2v) is 9.55. The van der Waals surface area contributed by atoms with E-state index in [-0.39, 0.29) is 42.9 Å². The van der Waals surface area contributed by atoms with Crippen LogP contribution >= 0.6 is 0 Å². The number of hydrogen-bond donors (Lipinski definition) is 3. The van der Waals surface area contributed by atoms with Crippen molar-refractivity contribution in [3.05, 3.63) is 71.5 Å². The molecule has 0 radical (unpaired) electrons. The number of hydrogen-bond acceptors (Lipinski definition) is 5. The normalized spacial score (nSPS) is 25.0. The lowest BCUT2D eigenvalue weighted by molar-refractivity contribution is -0.133. The van der Waals surface area contributed by atoms with E-state index in [1.54, 1.807) is 12.1 Å². The van der Waals surface area contributed by atoms with Crippen LogP contribution in [0.5, 0.6) is 0 Å². The molecule has 4 rings (SSSR count). The molecule has 2 aromatic carbocycles. The highest BCUT2D eigenvalue weighted by Crippen LogP contribution is 2.27. The third kappa shape index (κ3) is 7.02. The number of aliphatic hydroxyl groups excluding tert-OH is 1. The predicted octanol–water partition coefficient (Wildman–Crippen LogP) is 3.01. The molecule has 1 saturated heterocycles. The fraction of sp³-hybridized carbons (Fsp3) is 0.481. The molecule has 188 valence electrons. The zero-order valence-electron chi connectivity index (χ0n) is 19.9. The summed E-state index contributed by atoms with van der Waals surface area (Å²) >= 11 is 0. The molecule has 2 amide bonds. The Hall–Kier alpha value is -2.97. The van der Waals surface area contributed by atoms with Gasteiger partial charge in [-0.1, -0.05) is 55.3 Å². The number of ether oxygens (including phenoxy) is 1. The summed E-state index contributed by atoms with van der Waals surface area (Å²) in [6.07, 6.45) is 4.02. The molecular weight excluding hydrogens is 449 g/mol. The molecule has 7 nitrogen and oxygen atoms in total. The Morgan fingerprint density at radius 3 is 2.57 bits per heavy atom. The maximum atomic E-state index is 13.3. The summed E-state index contributed by atoms with van der Waals surface area (Å²) in [6, 6.07) is 15.0. The van der Waals surface area contributed by atoms with Crippen LogP contribution in [0.4, 0.5) is 9.18 Å². The molecule has 0 bridgehead atoms. The summed E-state index contributed by atoms with van der Waals surface area (Å²) in [5.41, 5.74) is 1.87. The van der Waals surface area contributed by atoms with E-state index in [1.807, 2.05) is 35.2 Å². The average molecular weight is 484 g/mol. The van der Waals surface area contributed by atoms with Gasteiger partial charge in [-0.25, -0.2) is 9.18 Å². The minimum Gasteiger partial charge on any atom is -0.445 e. The fourth-order valence-corrected chi connectivity index (χ4v) is 5.17. The van der Waals surface area contributed by atoms with Gasteiger partial charge in [0.1, 0.15) is 18.5 Å². The van der Waals surface area contributed by atoms with Gasteiger partial charge in [0, 0.05) is 25.2 Å². The lowest BCUT2D eigenvalue weighted by Crippen LogP contribution is -2.63. The van der Waals surface area contributed by atoms with E-state index in [9.17, 15) is 19.1 Å². The van der Waals surface area contributed by atoms with Crippen molar-refractivity contribution in [2.45, 2.75) is 56.8 Å². The Morgan fingerprint density at radius 1 is 1.09 bits per heavy atom. The molecule has 2 aromatic rings. The van der Waals surface area contributed by atoms with Crippen molar-refractivity contribution in [3.63, 3.8) is 0 Å². The first-order valence-corrected chi connectivity index (χ1v) is 12.4. The topological polar surface area (TPSA) is 90.9 Å². The van der Waals surface area contributed by atoms with Gasteiger partial charge in [-0.15, -0.1) is 0 Å².